The number of thioether (sulfide) groups is 1. The van der Waals surface area contributed by atoms with Crippen LogP contribution in [-0.2, 0) is 5.75 Å². The van der Waals surface area contributed by atoms with E-state index in [1.807, 2.05) is 44.2 Å². The molecular formula is C23H21BrN6O2S. The van der Waals surface area contributed by atoms with Crippen LogP contribution in [0.25, 0.3) is 5.69 Å². The van der Waals surface area contributed by atoms with Crippen LogP contribution in [0.3, 0.4) is 0 Å². The van der Waals surface area contributed by atoms with Gasteiger partial charge >= 0.3 is 0 Å². The molecule has 0 saturated heterocycles. The van der Waals surface area contributed by atoms with E-state index in [9.17, 15) is 4.79 Å². The van der Waals surface area contributed by atoms with Crippen LogP contribution in [0.5, 0.6) is 5.75 Å². The zero-order valence-corrected chi connectivity index (χ0v) is 20.6. The van der Waals surface area contributed by atoms with Gasteiger partial charge in [-0.3, -0.25) is 4.79 Å². The van der Waals surface area contributed by atoms with Crippen molar-refractivity contribution in [2.75, 3.05) is 12.4 Å². The molecule has 1 N–H and O–H groups in total. The summed E-state index contributed by atoms with van der Waals surface area (Å²) < 4.78 is 7.79. The number of methoxy groups -OCH3 is 1. The number of anilines is 1. The second-order valence-corrected chi connectivity index (χ2v) is 9.04. The van der Waals surface area contributed by atoms with Gasteiger partial charge in [0.25, 0.3) is 5.91 Å². The Morgan fingerprint density at radius 3 is 2.36 bits per heavy atom. The van der Waals surface area contributed by atoms with Gasteiger partial charge in [0, 0.05) is 27.3 Å². The SMILES string of the molecule is COc1ccc(NC(=O)c2nnn(-c3ccc(Br)cc3)c2CSc2nc(C)cc(C)n2)cc1. The third-order valence-corrected chi connectivity index (χ3v) is 6.08. The Kier molecular flexibility index (Phi) is 7.05. The van der Waals surface area contributed by atoms with Crippen LogP contribution >= 0.6 is 27.7 Å². The molecule has 8 nitrogen and oxygen atoms in total. The average Bonchev–Trinajstić information content (AvgIpc) is 3.22. The highest BCUT2D eigenvalue weighted by Crippen LogP contribution is 2.25. The first-order chi connectivity index (χ1) is 15.9. The van der Waals surface area contributed by atoms with E-state index in [-0.39, 0.29) is 11.6 Å². The van der Waals surface area contributed by atoms with Crippen LogP contribution in [0.15, 0.2) is 64.2 Å². The Balaban J connectivity index is 1.65. The average molecular weight is 525 g/mol. The lowest BCUT2D eigenvalue weighted by atomic mass is 10.2. The summed E-state index contributed by atoms with van der Waals surface area (Å²) in [5.74, 6) is 0.775. The summed E-state index contributed by atoms with van der Waals surface area (Å²) in [7, 11) is 1.59. The minimum atomic E-state index is -0.347. The standard InChI is InChI=1S/C23H21BrN6O2S/c1-14-12-15(2)26-23(25-14)33-13-20-21(22(31)27-17-6-10-19(32-3)11-7-17)28-29-30(20)18-8-4-16(24)5-9-18/h4-12H,13H2,1-3H3,(H,27,31). The van der Waals surface area contributed by atoms with Crippen LogP contribution in [0, 0.1) is 13.8 Å². The fourth-order valence-electron chi connectivity index (χ4n) is 3.15. The van der Waals surface area contributed by atoms with Crippen LogP contribution < -0.4 is 10.1 Å². The smallest absolute Gasteiger partial charge is 0.278 e. The molecule has 33 heavy (non-hydrogen) atoms. The fraction of sp³-hybridized carbons (Fsp3) is 0.174. The van der Waals surface area contributed by atoms with Gasteiger partial charge in [0.05, 0.1) is 18.5 Å². The van der Waals surface area contributed by atoms with Crippen LogP contribution in [0.2, 0.25) is 0 Å². The Morgan fingerprint density at radius 2 is 1.73 bits per heavy atom. The number of aromatic nitrogens is 5. The van der Waals surface area contributed by atoms with Crippen molar-refractivity contribution in [2.24, 2.45) is 0 Å². The lowest BCUT2D eigenvalue weighted by Crippen LogP contribution is -2.15. The van der Waals surface area contributed by atoms with E-state index in [4.69, 9.17) is 4.74 Å². The number of benzene rings is 2. The van der Waals surface area contributed by atoms with Crippen LogP contribution in [-0.4, -0.2) is 38.0 Å². The van der Waals surface area contributed by atoms with E-state index < -0.39 is 0 Å². The summed E-state index contributed by atoms with van der Waals surface area (Å²) in [6.45, 7) is 3.86. The predicted molar refractivity (Wildman–Crippen MR) is 131 cm³/mol. The summed E-state index contributed by atoms with van der Waals surface area (Å²) in [5, 5.41) is 12.0. The van der Waals surface area contributed by atoms with Crippen molar-refractivity contribution >= 4 is 39.3 Å². The molecule has 0 bridgehead atoms. The Hall–Kier alpha value is -3.24. The van der Waals surface area contributed by atoms with Crippen LogP contribution in [0.4, 0.5) is 5.69 Å². The largest absolute Gasteiger partial charge is 0.497 e. The zero-order valence-electron chi connectivity index (χ0n) is 18.2. The van der Waals surface area contributed by atoms with Gasteiger partial charge in [0.15, 0.2) is 10.9 Å². The topological polar surface area (TPSA) is 94.8 Å². The van der Waals surface area contributed by atoms with Crippen molar-refractivity contribution in [3.05, 3.63) is 81.8 Å². The number of rotatable bonds is 7. The molecule has 2 aromatic heterocycles. The third kappa shape index (κ3) is 5.58. The van der Waals surface area contributed by atoms with E-state index in [2.05, 4.69) is 41.5 Å². The highest BCUT2D eigenvalue weighted by atomic mass is 79.9. The number of carbonyl (C=O) groups excluding carboxylic acids is 1. The minimum absolute atomic E-state index is 0.241. The molecule has 4 rings (SSSR count). The molecule has 2 aromatic carbocycles. The maximum atomic E-state index is 13.1. The predicted octanol–water partition coefficient (Wildman–Crippen LogP) is 4.99. The van der Waals surface area contributed by atoms with E-state index >= 15 is 0 Å². The molecule has 0 aliphatic carbocycles. The number of ether oxygens (including phenoxy) is 1. The first-order valence-corrected chi connectivity index (χ1v) is 11.8. The molecule has 0 aliphatic rings. The minimum Gasteiger partial charge on any atom is -0.497 e. The van der Waals surface area contributed by atoms with Crippen molar-refractivity contribution in [1.82, 2.24) is 25.0 Å². The second-order valence-electron chi connectivity index (χ2n) is 7.18. The van der Waals surface area contributed by atoms with Crippen molar-refractivity contribution in [2.45, 2.75) is 24.8 Å². The lowest BCUT2D eigenvalue weighted by Gasteiger charge is -2.09. The van der Waals surface area contributed by atoms with Gasteiger partial charge in [-0.2, -0.15) is 0 Å². The van der Waals surface area contributed by atoms with Crippen LogP contribution in [0.1, 0.15) is 27.6 Å². The molecule has 0 spiro atoms. The van der Waals surface area contributed by atoms with E-state index in [0.717, 1.165) is 21.5 Å². The Labute approximate surface area is 203 Å². The number of amides is 1. The van der Waals surface area contributed by atoms with E-state index in [1.165, 1.54) is 11.8 Å². The lowest BCUT2D eigenvalue weighted by molar-refractivity contribution is 0.102. The normalized spacial score (nSPS) is 10.8. The van der Waals surface area contributed by atoms with E-state index in [1.54, 1.807) is 36.1 Å². The third-order valence-electron chi connectivity index (χ3n) is 4.70. The molecule has 4 aromatic rings. The monoisotopic (exact) mass is 524 g/mol. The Bertz CT molecular complexity index is 1260. The summed E-state index contributed by atoms with van der Waals surface area (Å²) >= 11 is 4.88. The molecule has 0 fully saturated rings. The van der Waals surface area contributed by atoms with Gasteiger partial charge < -0.3 is 10.1 Å². The number of halogens is 1. The number of aryl methyl sites for hydroxylation is 2. The summed E-state index contributed by atoms with van der Waals surface area (Å²) in [6, 6.07) is 16.7. The Morgan fingerprint density at radius 1 is 1.06 bits per heavy atom. The van der Waals surface area contributed by atoms with Crippen molar-refractivity contribution in [1.29, 1.82) is 0 Å². The van der Waals surface area contributed by atoms with Gasteiger partial charge in [-0.1, -0.05) is 32.9 Å². The highest BCUT2D eigenvalue weighted by Gasteiger charge is 2.22. The number of hydrogen-bond donors (Lipinski definition) is 1. The van der Waals surface area contributed by atoms with Gasteiger partial charge in [-0.05, 0) is 68.4 Å². The first kappa shape index (κ1) is 22.9. The molecular weight excluding hydrogens is 504 g/mol. The maximum Gasteiger partial charge on any atom is 0.278 e. The van der Waals surface area contributed by atoms with Crippen molar-refractivity contribution in [3.8, 4) is 11.4 Å². The molecule has 10 heteroatoms. The number of nitrogens with zero attached hydrogens (tertiary/aromatic N) is 5. The molecule has 0 unspecified atom stereocenters. The molecule has 0 aliphatic heterocycles. The van der Waals surface area contributed by atoms with Gasteiger partial charge in [0.2, 0.25) is 0 Å². The second kappa shape index (κ2) is 10.1. The zero-order chi connectivity index (χ0) is 23.4. The molecule has 168 valence electrons. The summed E-state index contributed by atoms with van der Waals surface area (Å²) in [4.78, 5) is 22.1. The van der Waals surface area contributed by atoms with Crippen molar-refractivity contribution < 1.29 is 9.53 Å². The van der Waals surface area contributed by atoms with E-state index in [0.29, 0.717) is 28.0 Å². The molecule has 2 heterocycles. The van der Waals surface area contributed by atoms with Gasteiger partial charge in [-0.25, -0.2) is 14.6 Å². The highest BCUT2D eigenvalue weighted by molar-refractivity contribution is 9.10. The summed E-state index contributed by atoms with van der Waals surface area (Å²) in [6.07, 6.45) is 0. The van der Waals surface area contributed by atoms with Crippen molar-refractivity contribution in [3.63, 3.8) is 0 Å². The fourth-order valence-corrected chi connectivity index (χ4v) is 4.36. The summed E-state index contributed by atoms with van der Waals surface area (Å²) in [5.41, 5.74) is 4.10. The molecule has 1 amide bonds. The molecule has 0 saturated carbocycles. The van der Waals surface area contributed by atoms with Gasteiger partial charge in [0.1, 0.15) is 5.75 Å². The quantitative estimate of drug-likeness (QED) is 0.268. The number of nitrogens with one attached hydrogen (secondary N) is 1. The van der Waals surface area contributed by atoms with Gasteiger partial charge in [-0.15, -0.1) is 5.10 Å². The number of hydrogen-bond acceptors (Lipinski definition) is 7. The molecule has 0 radical (unpaired) electrons. The molecule has 0 atom stereocenters. The number of carbonyl (C=O) groups is 1. The maximum absolute atomic E-state index is 13.1. The first-order valence-electron chi connectivity index (χ1n) is 10.0.